The second-order valence-corrected chi connectivity index (χ2v) is 7.97. The standard InChI is InChI=1S/C21H20Cl2N2O2/c1-14-3-8-17(18(23)11-14)20-24-19(27-25-20)12-26-13-21(9-2-10-21)15-4-6-16(22)7-5-15/h3-8,11H,2,9-10,12-13H2,1H3. The van der Waals surface area contributed by atoms with E-state index in [0.717, 1.165) is 29.0 Å². The fourth-order valence-corrected chi connectivity index (χ4v) is 3.93. The maximum atomic E-state index is 6.28. The zero-order chi connectivity index (χ0) is 18.9. The van der Waals surface area contributed by atoms with Crippen LogP contribution in [0.3, 0.4) is 0 Å². The maximum absolute atomic E-state index is 6.28. The molecule has 1 fully saturated rings. The Bertz CT molecular complexity index is 934. The summed E-state index contributed by atoms with van der Waals surface area (Å²) in [6.45, 7) is 2.89. The first-order valence-electron chi connectivity index (χ1n) is 8.99. The molecule has 0 radical (unpaired) electrons. The van der Waals surface area contributed by atoms with E-state index in [0.29, 0.717) is 23.3 Å². The van der Waals surface area contributed by atoms with Gasteiger partial charge in [0.2, 0.25) is 5.82 Å². The number of nitrogens with zero attached hydrogens (tertiary/aromatic N) is 2. The molecule has 140 valence electrons. The Morgan fingerprint density at radius 1 is 1.11 bits per heavy atom. The monoisotopic (exact) mass is 402 g/mol. The van der Waals surface area contributed by atoms with Crippen molar-refractivity contribution in [3.63, 3.8) is 0 Å². The highest BCUT2D eigenvalue weighted by molar-refractivity contribution is 6.33. The zero-order valence-corrected chi connectivity index (χ0v) is 16.6. The average Bonchev–Trinajstić information content (AvgIpc) is 3.07. The molecule has 0 unspecified atom stereocenters. The lowest BCUT2D eigenvalue weighted by atomic mass is 9.65. The summed E-state index contributed by atoms with van der Waals surface area (Å²) >= 11 is 12.3. The Morgan fingerprint density at radius 2 is 1.89 bits per heavy atom. The summed E-state index contributed by atoms with van der Waals surface area (Å²) in [5.74, 6) is 0.932. The molecule has 3 aromatic rings. The van der Waals surface area contributed by atoms with Gasteiger partial charge in [0, 0.05) is 16.0 Å². The van der Waals surface area contributed by atoms with Crippen molar-refractivity contribution >= 4 is 23.2 Å². The van der Waals surface area contributed by atoms with Crippen molar-refractivity contribution in [2.45, 2.75) is 38.2 Å². The number of ether oxygens (including phenoxy) is 1. The Labute approximate surface area is 168 Å². The van der Waals surface area contributed by atoms with Gasteiger partial charge in [-0.05, 0) is 55.2 Å². The highest BCUT2D eigenvalue weighted by atomic mass is 35.5. The summed E-state index contributed by atoms with van der Waals surface area (Å²) in [5.41, 5.74) is 3.18. The van der Waals surface area contributed by atoms with Gasteiger partial charge < -0.3 is 9.26 Å². The fraction of sp³-hybridized carbons (Fsp3) is 0.333. The van der Waals surface area contributed by atoms with E-state index in [9.17, 15) is 0 Å². The normalized spacial score (nSPS) is 15.5. The van der Waals surface area contributed by atoms with Crippen molar-refractivity contribution in [1.29, 1.82) is 0 Å². The predicted octanol–water partition coefficient (Wildman–Crippen LogP) is 5.99. The van der Waals surface area contributed by atoms with Gasteiger partial charge in [-0.15, -0.1) is 0 Å². The second-order valence-electron chi connectivity index (χ2n) is 7.13. The van der Waals surface area contributed by atoms with Gasteiger partial charge in [0.05, 0.1) is 11.6 Å². The first-order valence-corrected chi connectivity index (χ1v) is 9.74. The molecule has 1 aliphatic carbocycles. The van der Waals surface area contributed by atoms with E-state index in [1.807, 2.05) is 37.3 Å². The molecular formula is C21H20Cl2N2O2. The molecule has 1 aliphatic rings. The Hall–Kier alpha value is -1.88. The van der Waals surface area contributed by atoms with Crippen LogP contribution < -0.4 is 0 Å². The van der Waals surface area contributed by atoms with Crippen LogP contribution in [0.2, 0.25) is 10.0 Å². The molecule has 27 heavy (non-hydrogen) atoms. The van der Waals surface area contributed by atoms with Crippen molar-refractivity contribution in [2.24, 2.45) is 0 Å². The van der Waals surface area contributed by atoms with E-state index in [-0.39, 0.29) is 12.0 Å². The predicted molar refractivity (Wildman–Crippen MR) is 106 cm³/mol. The molecule has 2 aromatic carbocycles. The Balaban J connectivity index is 1.41. The summed E-state index contributed by atoms with van der Waals surface area (Å²) in [5, 5.41) is 5.39. The van der Waals surface area contributed by atoms with Crippen LogP contribution in [0.1, 0.15) is 36.3 Å². The average molecular weight is 403 g/mol. The van der Waals surface area contributed by atoms with Crippen molar-refractivity contribution in [1.82, 2.24) is 10.1 Å². The van der Waals surface area contributed by atoms with Crippen LogP contribution in [0.5, 0.6) is 0 Å². The van der Waals surface area contributed by atoms with Crippen LogP contribution in [0.25, 0.3) is 11.4 Å². The van der Waals surface area contributed by atoms with Gasteiger partial charge in [-0.1, -0.05) is 53.0 Å². The van der Waals surface area contributed by atoms with Crippen molar-refractivity contribution in [2.75, 3.05) is 6.61 Å². The largest absolute Gasteiger partial charge is 0.371 e. The first-order chi connectivity index (χ1) is 13.1. The smallest absolute Gasteiger partial charge is 0.252 e. The van der Waals surface area contributed by atoms with Crippen LogP contribution in [0, 0.1) is 6.92 Å². The highest BCUT2D eigenvalue weighted by Gasteiger charge is 2.39. The number of halogens is 2. The topological polar surface area (TPSA) is 48.2 Å². The molecule has 1 saturated carbocycles. The Morgan fingerprint density at radius 3 is 2.56 bits per heavy atom. The molecule has 0 amide bonds. The summed E-state index contributed by atoms with van der Waals surface area (Å²) in [6.07, 6.45) is 3.44. The van der Waals surface area contributed by atoms with Gasteiger partial charge >= 0.3 is 0 Å². The number of benzene rings is 2. The van der Waals surface area contributed by atoms with Crippen LogP contribution in [0.4, 0.5) is 0 Å². The van der Waals surface area contributed by atoms with Gasteiger partial charge in [-0.3, -0.25) is 0 Å². The number of aryl methyl sites for hydroxylation is 1. The summed E-state index contributed by atoms with van der Waals surface area (Å²) in [7, 11) is 0. The van der Waals surface area contributed by atoms with Crippen LogP contribution in [-0.4, -0.2) is 16.7 Å². The summed E-state index contributed by atoms with van der Waals surface area (Å²) < 4.78 is 11.3. The van der Waals surface area contributed by atoms with Gasteiger partial charge in [-0.25, -0.2) is 0 Å². The lowest BCUT2D eigenvalue weighted by Gasteiger charge is -2.42. The van der Waals surface area contributed by atoms with Crippen LogP contribution in [0.15, 0.2) is 47.0 Å². The van der Waals surface area contributed by atoms with Gasteiger partial charge in [0.1, 0.15) is 6.61 Å². The molecule has 0 N–H and O–H groups in total. The lowest BCUT2D eigenvalue weighted by Crippen LogP contribution is -2.38. The van der Waals surface area contributed by atoms with E-state index >= 15 is 0 Å². The van der Waals surface area contributed by atoms with Crippen LogP contribution >= 0.6 is 23.2 Å². The summed E-state index contributed by atoms with van der Waals surface area (Å²) in [6, 6.07) is 13.8. The molecule has 0 atom stereocenters. The highest BCUT2D eigenvalue weighted by Crippen LogP contribution is 2.44. The minimum Gasteiger partial charge on any atom is -0.371 e. The minimum atomic E-state index is 0.0632. The van der Waals surface area contributed by atoms with E-state index in [4.69, 9.17) is 32.5 Å². The molecular weight excluding hydrogens is 383 g/mol. The third kappa shape index (κ3) is 3.88. The first kappa shape index (κ1) is 18.5. The molecule has 0 bridgehead atoms. The van der Waals surface area contributed by atoms with E-state index in [2.05, 4.69) is 22.3 Å². The number of hydrogen-bond donors (Lipinski definition) is 0. The summed E-state index contributed by atoms with van der Waals surface area (Å²) in [4.78, 5) is 4.41. The van der Waals surface area contributed by atoms with Crippen molar-refractivity contribution in [3.05, 3.63) is 69.5 Å². The van der Waals surface area contributed by atoms with Crippen LogP contribution in [-0.2, 0) is 16.8 Å². The molecule has 1 heterocycles. The maximum Gasteiger partial charge on any atom is 0.252 e. The van der Waals surface area contributed by atoms with Crippen molar-refractivity contribution in [3.8, 4) is 11.4 Å². The third-order valence-electron chi connectivity index (χ3n) is 5.20. The molecule has 4 nitrogen and oxygen atoms in total. The third-order valence-corrected chi connectivity index (χ3v) is 5.77. The van der Waals surface area contributed by atoms with Gasteiger partial charge in [-0.2, -0.15) is 4.98 Å². The molecule has 0 spiro atoms. The zero-order valence-electron chi connectivity index (χ0n) is 15.0. The Kier molecular flexibility index (Phi) is 5.22. The lowest BCUT2D eigenvalue weighted by molar-refractivity contribution is 0.0243. The molecule has 0 aliphatic heterocycles. The van der Waals surface area contributed by atoms with E-state index < -0.39 is 0 Å². The number of aromatic nitrogens is 2. The van der Waals surface area contributed by atoms with Crippen molar-refractivity contribution < 1.29 is 9.26 Å². The van der Waals surface area contributed by atoms with Gasteiger partial charge in [0.25, 0.3) is 5.89 Å². The fourth-order valence-electron chi connectivity index (χ4n) is 3.48. The molecule has 4 rings (SSSR count). The van der Waals surface area contributed by atoms with Gasteiger partial charge in [0.15, 0.2) is 0 Å². The SMILES string of the molecule is Cc1ccc(-c2noc(COCC3(c4ccc(Cl)cc4)CCC3)n2)c(Cl)c1. The van der Waals surface area contributed by atoms with E-state index in [1.165, 1.54) is 12.0 Å². The molecule has 1 aromatic heterocycles. The second kappa shape index (κ2) is 7.63. The van der Waals surface area contributed by atoms with E-state index in [1.54, 1.807) is 0 Å². The number of hydrogen-bond acceptors (Lipinski definition) is 4. The molecule has 6 heteroatoms. The molecule has 0 saturated heterocycles. The minimum absolute atomic E-state index is 0.0632. The quantitative estimate of drug-likeness (QED) is 0.507. The number of rotatable bonds is 6.